The van der Waals surface area contributed by atoms with Gasteiger partial charge in [0.25, 0.3) is 5.91 Å². The zero-order chi connectivity index (χ0) is 37.4. The van der Waals surface area contributed by atoms with Gasteiger partial charge in [0.2, 0.25) is 14.2 Å². The molecular weight excluding hydrogens is 765 g/mol. The van der Waals surface area contributed by atoms with E-state index in [9.17, 15) is 19.2 Å². The van der Waals surface area contributed by atoms with Crippen LogP contribution in [0.1, 0.15) is 85.8 Å². The summed E-state index contributed by atoms with van der Waals surface area (Å²) in [6.07, 6.45) is 1.14. The highest BCUT2D eigenvalue weighted by Crippen LogP contribution is 2.37. The number of halogens is 1. The fourth-order valence-corrected chi connectivity index (χ4v) is 6.91. The van der Waals surface area contributed by atoms with Crippen LogP contribution in [0.3, 0.4) is 0 Å². The van der Waals surface area contributed by atoms with Crippen LogP contribution < -0.4 is 15.2 Å². The third kappa shape index (κ3) is 12.7. The van der Waals surface area contributed by atoms with Crippen LogP contribution in [-0.4, -0.2) is 61.3 Å². The Morgan fingerprint density at radius 2 is 1.66 bits per heavy atom. The predicted molar refractivity (Wildman–Crippen MR) is 206 cm³/mol. The van der Waals surface area contributed by atoms with Crippen molar-refractivity contribution in [3.05, 3.63) is 63.2 Å². The molecular formula is C38H56IN3O7Si. The number of amides is 2. The molecule has 2 N–H and O–H groups in total. The summed E-state index contributed by atoms with van der Waals surface area (Å²) in [4.78, 5) is 54.0. The smallest absolute Gasteiger partial charge is 0.325 e. The third-order valence-corrected chi connectivity index (χ3v) is 14.1. The highest BCUT2D eigenvalue weighted by Gasteiger charge is 2.39. The van der Waals surface area contributed by atoms with Gasteiger partial charge >= 0.3 is 11.9 Å². The molecule has 0 unspecified atom stereocenters. The molecule has 276 valence electrons. The SMILES string of the molecule is CC(C)[C@H](CC(=O)OC(C)(C)C)C(=O)N[C@@H](Cc1cccc(O[Si](C)(C)C(C)(C)C)c1)C(=O)N1CCC[C@@H](C(=O)OCc2cccc(I)c2)N1. The Bertz CT molecular complexity index is 1500. The van der Waals surface area contributed by atoms with Crippen molar-refractivity contribution < 1.29 is 33.1 Å². The van der Waals surface area contributed by atoms with E-state index in [1.165, 1.54) is 5.01 Å². The fourth-order valence-electron chi connectivity index (χ4n) is 5.28. The van der Waals surface area contributed by atoms with E-state index in [-0.39, 0.29) is 36.3 Å². The summed E-state index contributed by atoms with van der Waals surface area (Å²) < 4.78 is 18.7. The standard InChI is InChI=1S/C38H56IN3O7Si/c1-25(2)30(23-33(43)48-37(3,4)5)34(44)40-32(22-26-14-12-17-29(21-26)49-50(9,10)38(6,7)8)35(45)42-19-13-18-31(41-42)36(46)47-24-27-15-11-16-28(39)20-27/h11-12,14-17,20-21,25,30-32,41H,13,18-19,22-24H2,1-10H3,(H,40,44)/t30-,31-,32-/m0/s1. The number of hydrogen-bond acceptors (Lipinski definition) is 8. The van der Waals surface area contributed by atoms with E-state index in [0.717, 1.165) is 14.7 Å². The number of ether oxygens (including phenoxy) is 2. The van der Waals surface area contributed by atoms with Crippen LogP contribution >= 0.6 is 22.6 Å². The van der Waals surface area contributed by atoms with Gasteiger partial charge in [0, 0.05) is 16.5 Å². The van der Waals surface area contributed by atoms with Crippen molar-refractivity contribution in [1.29, 1.82) is 0 Å². The fraction of sp³-hybridized carbons (Fsp3) is 0.579. The lowest BCUT2D eigenvalue weighted by molar-refractivity contribution is -0.158. The number of carbonyl (C=O) groups is 4. The average molecular weight is 822 g/mol. The van der Waals surface area contributed by atoms with Gasteiger partial charge in [-0.2, -0.15) is 0 Å². The molecule has 12 heteroatoms. The Balaban J connectivity index is 1.84. The maximum atomic E-state index is 14.3. The number of nitrogens with one attached hydrogen (secondary N) is 2. The number of nitrogens with zero attached hydrogens (tertiary/aromatic N) is 1. The first-order chi connectivity index (χ1) is 23.1. The largest absolute Gasteiger partial charge is 0.543 e. The Morgan fingerprint density at radius 3 is 2.28 bits per heavy atom. The first-order valence-electron chi connectivity index (χ1n) is 17.4. The molecule has 1 aliphatic heterocycles. The van der Waals surface area contributed by atoms with Gasteiger partial charge in [-0.15, -0.1) is 0 Å². The Labute approximate surface area is 313 Å². The number of esters is 2. The summed E-state index contributed by atoms with van der Waals surface area (Å²) in [5, 5.41) is 4.38. The quantitative estimate of drug-likeness (QED) is 0.127. The first kappa shape index (κ1) is 41.4. The number of hydrazine groups is 1. The highest BCUT2D eigenvalue weighted by atomic mass is 127. The number of hydrogen-bond donors (Lipinski definition) is 2. The van der Waals surface area contributed by atoms with Gasteiger partial charge in [0.05, 0.1) is 12.3 Å². The maximum absolute atomic E-state index is 14.3. The van der Waals surface area contributed by atoms with Crippen molar-refractivity contribution in [3.63, 3.8) is 0 Å². The number of carbonyl (C=O) groups excluding carboxylic acids is 4. The predicted octanol–water partition coefficient (Wildman–Crippen LogP) is 6.95. The van der Waals surface area contributed by atoms with Crippen molar-refractivity contribution in [2.24, 2.45) is 11.8 Å². The van der Waals surface area contributed by atoms with Crippen LogP contribution in [0, 0.1) is 15.4 Å². The number of benzene rings is 2. The number of rotatable bonds is 13. The molecule has 0 bridgehead atoms. The Kier molecular flexibility index (Phi) is 14.5. The van der Waals surface area contributed by atoms with E-state index >= 15 is 0 Å². The molecule has 1 heterocycles. The first-order valence-corrected chi connectivity index (χ1v) is 21.4. The molecule has 0 aliphatic carbocycles. The minimum Gasteiger partial charge on any atom is -0.543 e. The lowest BCUT2D eigenvalue weighted by Gasteiger charge is -2.36. The minimum absolute atomic E-state index is 0.00714. The molecule has 3 rings (SSSR count). The van der Waals surface area contributed by atoms with Crippen molar-refractivity contribution >= 4 is 54.7 Å². The average Bonchev–Trinajstić information content (AvgIpc) is 3.00. The second-order valence-electron chi connectivity index (χ2n) is 16.0. The van der Waals surface area contributed by atoms with Crippen molar-refractivity contribution in [2.75, 3.05) is 6.54 Å². The van der Waals surface area contributed by atoms with Crippen molar-refractivity contribution in [3.8, 4) is 5.75 Å². The second kappa shape index (κ2) is 17.5. The maximum Gasteiger partial charge on any atom is 0.325 e. The summed E-state index contributed by atoms with van der Waals surface area (Å²) in [7, 11) is -2.14. The van der Waals surface area contributed by atoms with Crippen LogP contribution in [0.15, 0.2) is 48.5 Å². The van der Waals surface area contributed by atoms with Gasteiger partial charge in [-0.25, -0.2) is 5.43 Å². The Morgan fingerprint density at radius 1 is 1.00 bits per heavy atom. The molecule has 2 amide bonds. The molecule has 0 radical (unpaired) electrons. The summed E-state index contributed by atoms with van der Waals surface area (Å²) in [6.45, 7) is 20.4. The molecule has 0 saturated carbocycles. The molecule has 2 aromatic rings. The van der Waals surface area contributed by atoms with E-state index < -0.39 is 49.8 Å². The van der Waals surface area contributed by atoms with Gasteiger partial charge in [-0.3, -0.25) is 24.2 Å². The molecule has 2 aromatic carbocycles. The third-order valence-electron chi connectivity index (χ3n) is 9.09. The van der Waals surface area contributed by atoms with Crippen LogP contribution in [0.25, 0.3) is 0 Å². The monoisotopic (exact) mass is 821 g/mol. The minimum atomic E-state index is -2.14. The van der Waals surface area contributed by atoms with Crippen LogP contribution in [-0.2, 0) is 41.7 Å². The molecule has 1 fully saturated rings. The lowest BCUT2D eigenvalue weighted by Crippen LogP contribution is -2.60. The van der Waals surface area contributed by atoms with Crippen LogP contribution in [0.5, 0.6) is 5.75 Å². The van der Waals surface area contributed by atoms with Crippen LogP contribution in [0.2, 0.25) is 18.1 Å². The van der Waals surface area contributed by atoms with Crippen molar-refractivity contribution in [2.45, 2.75) is 123 Å². The van der Waals surface area contributed by atoms with Gasteiger partial charge in [0.15, 0.2) is 0 Å². The molecule has 10 nitrogen and oxygen atoms in total. The van der Waals surface area contributed by atoms with Gasteiger partial charge < -0.3 is 19.2 Å². The summed E-state index contributed by atoms with van der Waals surface area (Å²) in [5.74, 6) is -1.93. The van der Waals surface area contributed by atoms with Gasteiger partial charge in [-0.05, 0) is 116 Å². The normalized spacial score (nSPS) is 16.7. The second-order valence-corrected chi connectivity index (χ2v) is 21.9. The summed E-state index contributed by atoms with van der Waals surface area (Å²) >= 11 is 2.21. The molecule has 1 saturated heterocycles. The van der Waals surface area contributed by atoms with E-state index in [4.69, 9.17) is 13.9 Å². The van der Waals surface area contributed by atoms with Crippen LogP contribution in [0.4, 0.5) is 0 Å². The van der Waals surface area contributed by atoms with Gasteiger partial charge in [0.1, 0.15) is 30.0 Å². The molecule has 3 atom stereocenters. The van der Waals surface area contributed by atoms with E-state index in [1.807, 2.05) is 62.4 Å². The zero-order valence-corrected chi connectivity index (χ0v) is 34.5. The summed E-state index contributed by atoms with van der Waals surface area (Å²) in [5.41, 5.74) is 4.06. The van der Waals surface area contributed by atoms with E-state index in [2.05, 4.69) is 67.2 Å². The highest BCUT2D eigenvalue weighted by molar-refractivity contribution is 14.1. The van der Waals surface area contributed by atoms with Gasteiger partial charge in [-0.1, -0.05) is 58.9 Å². The molecule has 1 aliphatic rings. The lowest BCUT2D eigenvalue weighted by atomic mass is 9.91. The van der Waals surface area contributed by atoms with E-state index in [1.54, 1.807) is 20.8 Å². The topological polar surface area (TPSA) is 123 Å². The summed E-state index contributed by atoms with van der Waals surface area (Å²) in [6, 6.07) is 13.6. The van der Waals surface area contributed by atoms with Crippen molar-refractivity contribution in [1.82, 2.24) is 15.8 Å². The zero-order valence-electron chi connectivity index (χ0n) is 31.4. The molecule has 50 heavy (non-hydrogen) atoms. The Hall–Kier alpha value is -2.97. The molecule has 0 aromatic heterocycles. The molecule has 0 spiro atoms. The van der Waals surface area contributed by atoms with E-state index in [0.29, 0.717) is 25.1 Å².